The van der Waals surface area contributed by atoms with Crippen LogP contribution in [0.3, 0.4) is 0 Å². The van der Waals surface area contributed by atoms with E-state index in [0.29, 0.717) is 22.1 Å². The normalized spacial score (nSPS) is 19.0. The predicted molar refractivity (Wildman–Crippen MR) is 90.5 cm³/mol. The summed E-state index contributed by atoms with van der Waals surface area (Å²) in [5.41, 5.74) is 2.50. The highest BCUT2D eigenvalue weighted by Crippen LogP contribution is 2.48. The molecular formula is C17H14ClN5O. The molecule has 1 fully saturated rings. The van der Waals surface area contributed by atoms with Crippen molar-refractivity contribution in [3.8, 4) is 11.4 Å². The number of benzene rings is 2. The summed E-state index contributed by atoms with van der Waals surface area (Å²) in [4.78, 5) is 12.6. The van der Waals surface area contributed by atoms with Crippen LogP contribution in [0.2, 0.25) is 5.02 Å². The van der Waals surface area contributed by atoms with E-state index in [9.17, 15) is 4.79 Å². The Hall–Kier alpha value is -2.73. The number of aromatic nitrogens is 4. The molecule has 2 N–H and O–H groups in total. The van der Waals surface area contributed by atoms with Gasteiger partial charge < -0.3 is 5.32 Å². The maximum Gasteiger partial charge on any atom is 0.228 e. The number of nitrogens with zero attached hydrogens (tertiary/aromatic N) is 3. The smallest absolute Gasteiger partial charge is 0.228 e. The number of aromatic amines is 1. The Morgan fingerprint density at radius 3 is 2.79 bits per heavy atom. The van der Waals surface area contributed by atoms with E-state index in [0.717, 1.165) is 6.42 Å². The summed E-state index contributed by atoms with van der Waals surface area (Å²) in [6.07, 6.45) is 0.857. The number of anilines is 1. The summed E-state index contributed by atoms with van der Waals surface area (Å²) in [7, 11) is 0. The van der Waals surface area contributed by atoms with Gasteiger partial charge in [0.15, 0.2) is 5.82 Å². The van der Waals surface area contributed by atoms with E-state index in [1.54, 1.807) is 18.2 Å². The lowest BCUT2D eigenvalue weighted by Crippen LogP contribution is -2.15. The van der Waals surface area contributed by atoms with Gasteiger partial charge >= 0.3 is 0 Å². The molecule has 0 radical (unpaired) electrons. The first-order chi connectivity index (χ1) is 11.7. The van der Waals surface area contributed by atoms with Gasteiger partial charge in [0.2, 0.25) is 5.91 Å². The second-order valence-corrected chi connectivity index (χ2v) is 6.22. The number of hydrogen-bond acceptors (Lipinski definition) is 4. The van der Waals surface area contributed by atoms with E-state index < -0.39 is 0 Å². The Balaban J connectivity index is 1.54. The van der Waals surface area contributed by atoms with Crippen LogP contribution >= 0.6 is 11.6 Å². The number of carbonyl (C=O) groups is 1. The molecule has 0 saturated heterocycles. The molecule has 1 saturated carbocycles. The van der Waals surface area contributed by atoms with E-state index in [-0.39, 0.29) is 17.7 Å². The molecule has 1 aliphatic rings. The molecule has 2 atom stereocenters. The first-order valence-corrected chi connectivity index (χ1v) is 7.99. The number of halogens is 1. The van der Waals surface area contributed by atoms with Crippen molar-refractivity contribution in [2.24, 2.45) is 5.92 Å². The largest absolute Gasteiger partial charge is 0.325 e. The van der Waals surface area contributed by atoms with Crippen LogP contribution in [0.4, 0.5) is 5.69 Å². The van der Waals surface area contributed by atoms with E-state index in [1.807, 2.05) is 18.2 Å². The highest BCUT2D eigenvalue weighted by Gasteiger charge is 2.44. The molecule has 0 spiro atoms. The second-order valence-electron chi connectivity index (χ2n) is 5.79. The molecule has 7 heteroatoms. The highest BCUT2D eigenvalue weighted by atomic mass is 35.5. The molecule has 0 unspecified atom stereocenters. The molecule has 120 valence electrons. The SMILES string of the molecule is O=C(Nc1cc(Cl)ccc1-c1nnn[nH]1)[C@@H]1C[C@H]1c1ccccc1. The van der Waals surface area contributed by atoms with Crippen molar-refractivity contribution in [3.63, 3.8) is 0 Å². The second kappa shape index (κ2) is 6.05. The van der Waals surface area contributed by atoms with Gasteiger partial charge in [-0.25, -0.2) is 5.10 Å². The monoisotopic (exact) mass is 339 g/mol. The summed E-state index contributed by atoms with van der Waals surface area (Å²) in [6.45, 7) is 0. The molecule has 1 aromatic heterocycles. The standard InChI is InChI=1S/C17H14ClN5O/c18-11-6-7-12(16-20-22-23-21-16)15(8-11)19-17(24)14-9-13(14)10-4-2-1-3-5-10/h1-8,13-14H,9H2,(H,19,24)(H,20,21,22,23)/t13-,14+/m0/s1. The van der Waals surface area contributed by atoms with Gasteiger partial charge in [-0.1, -0.05) is 41.9 Å². The van der Waals surface area contributed by atoms with Crippen LogP contribution in [0.5, 0.6) is 0 Å². The maximum absolute atomic E-state index is 12.6. The van der Waals surface area contributed by atoms with E-state index >= 15 is 0 Å². The predicted octanol–water partition coefficient (Wildman–Crippen LogP) is 3.26. The zero-order valence-electron chi connectivity index (χ0n) is 12.6. The fourth-order valence-electron chi connectivity index (χ4n) is 2.88. The van der Waals surface area contributed by atoms with Crippen LogP contribution in [0.15, 0.2) is 48.5 Å². The molecule has 4 rings (SSSR count). The lowest BCUT2D eigenvalue weighted by Gasteiger charge is -2.10. The third-order valence-corrected chi connectivity index (χ3v) is 4.43. The Kier molecular flexibility index (Phi) is 3.74. The minimum atomic E-state index is -0.0212. The van der Waals surface area contributed by atoms with E-state index in [1.165, 1.54) is 5.56 Å². The van der Waals surface area contributed by atoms with Gasteiger partial charge in [-0.3, -0.25) is 4.79 Å². The summed E-state index contributed by atoms with van der Waals surface area (Å²) < 4.78 is 0. The summed E-state index contributed by atoms with van der Waals surface area (Å²) >= 11 is 6.07. The lowest BCUT2D eigenvalue weighted by atomic mass is 10.1. The number of rotatable bonds is 4. The Labute approximate surface area is 143 Å². The molecule has 1 amide bonds. The van der Waals surface area contributed by atoms with Gasteiger partial charge in [0.1, 0.15) is 0 Å². The fraction of sp³-hybridized carbons (Fsp3) is 0.176. The van der Waals surface area contributed by atoms with Crippen molar-refractivity contribution in [2.75, 3.05) is 5.32 Å². The first-order valence-electron chi connectivity index (χ1n) is 7.62. The van der Waals surface area contributed by atoms with Crippen molar-refractivity contribution in [1.29, 1.82) is 0 Å². The number of hydrogen-bond donors (Lipinski definition) is 2. The molecule has 2 aromatic carbocycles. The summed E-state index contributed by atoms with van der Waals surface area (Å²) in [5.74, 6) is 0.727. The highest BCUT2D eigenvalue weighted by molar-refractivity contribution is 6.31. The van der Waals surface area contributed by atoms with Crippen molar-refractivity contribution < 1.29 is 4.79 Å². The zero-order valence-corrected chi connectivity index (χ0v) is 13.4. The van der Waals surface area contributed by atoms with Gasteiger partial charge in [0.25, 0.3) is 0 Å². The lowest BCUT2D eigenvalue weighted by molar-refractivity contribution is -0.117. The molecule has 24 heavy (non-hydrogen) atoms. The average molecular weight is 340 g/mol. The molecule has 1 aliphatic carbocycles. The van der Waals surface area contributed by atoms with Crippen molar-refractivity contribution in [2.45, 2.75) is 12.3 Å². The molecular weight excluding hydrogens is 326 g/mol. The third kappa shape index (κ3) is 2.88. The molecule has 6 nitrogen and oxygen atoms in total. The first kappa shape index (κ1) is 14.8. The van der Waals surface area contributed by atoms with Gasteiger partial charge in [-0.15, -0.1) is 5.10 Å². The molecule has 3 aromatic rings. The number of amides is 1. The Morgan fingerprint density at radius 1 is 1.21 bits per heavy atom. The van der Waals surface area contributed by atoms with E-state index in [2.05, 4.69) is 38.1 Å². The minimum absolute atomic E-state index is 0.0140. The average Bonchev–Trinajstić information content (AvgIpc) is 3.23. The van der Waals surface area contributed by atoms with Crippen LogP contribution in [0, 0.1) is 5.92 Å². The summed E-state index contributed by atoms with van der Waals surface area (Å²) in [6, 6.07) is 15.3. The zero-order chi connectivity index (χ0) is 16.5. The fourth-order valence-corrected chi connectivity index (χ4v) is 3.05. The number of nitrogens with one attached hydrogen (secondary N) is 2. The van der Waals surface area contributed by atoms with Gasteiger partial charge in [0, 0.05) is 16.5 Å². The Bertz CT molecular complexity index is 866. The van der Waals surface area contributed by atoms with Crippen molar-refractivity contribution >= 4 is 23.2 Å². The van der Waals surface area contributed by atoms with E-state index in [4.69, 9.17) is 11.6 Å². The quantitative estimate of drug-likeness (QED) is 0.764. The summed E-state index contributed by atoms with van der Waals surface area (Å²) in [5, 5.41) is 17.2. The van der Waals surface area contributed by atoms with Crippen molar-refractivity contribution in [1.82, 2.24) is 20.6 Å². The Morgan fingerprint density at radius 2 is 2.04 bits per heavy atom. The number of H-pyrrole nitrogens is 1. The molecule has 1 heterocycles. The van der Waals surface area contributed by atoms with Crippen LogP contribution in [-0.4, -0.2) is 26.5 Å². The van der Waals surface area contributed by atoms with Crippen LogP contribution < -0.4 is 5.32 Å². The number of carbonyl (C=O) groups excluding carboxylic acids is 1. The van der Waals surface area contributed by atoms with Gasteiger partial charge in [-0.05, 0) is 46.5 Å². The van der Waals surface area contributed by atoms with Gasteiger partial charge in [-0.2, -0.15) is 0 Å². The van der Waals surface area contributed by atoms with Crippen LogP contribution in [-0.2, 0) is 4.79 Å². The van der Waals surface area contributed by atoms with Gasteiger partial charge in [0.05, 0.1) is 5.69 Å². The third-order valence-electron chi connectivity index (χ3n) is 4.19. The maximum atomic E-state index is 12.6. The topological polar surface area (TPSA) is 83.6 Å². The molecule has 0 bridgehead atoms. The van der Waals surface area contributed by atoms with Crippen molar-refractivity contribution in [3.05, 3.63) is 59.1 Å². The van der Waals surface area contributed by atoms with Crippen LogP contribution in [0.1, 0.15) is 17.9 Å². The number of tetrazole rings is 1. The van der Waals surface area contributed by atoms with Crippen LogP contribution in [0.25, 0.3) is 11.4 Å². The molecule has 0 aliphatic heterocycles. The minimum Gasteiger partial charge on any atom is -0.325 e.